The summed E-state index contributed by atoms with van der Waals surface area (Å²) in [4.78, 5) is 19.8. The van der Waals surface area contributed by atoms with Crippen molar-refractivity contribution < 1.29 is 4.79 Å². The van der Waals surface area contributed by atoms with Gasteiger partial charge < -0.3 is 10.3 Å². The molecule has 7 nitrogen and oxygen atoms in total. The van der Waals surface area contributed by atoms with Crippen molar-refractivity contribution in [3.05, 3.63) is 77.9 Å². The molecule has 0 aliphatic heterocycles. The van der Waals surface area contributed by atoms with Gasteiger partial charge in [-0.15, -0.1) is 5.10 Å². The van der Waals surface area contributed by atoms with Crippen molar-refractivity contribution >= 4 is 16.9 Å². The van der Waals surface area contributed by atoms with E-state index in [1.165, 1.54) is 0 Å². The van der Waals surface area contributed by atoms with Crippen LogP contribution < -0.4 is 5.32 Å². The lowest BCUT2D eigenvalue weighted by molar-refractivity contribution is 0.0945. The molecule has 124 valence electrons. The molecule has 0 aliphatic rings. The number of aromatic nitrogens is 5. The smallest absolute Gasteiger partial charge is 0.273 e. The monoisotopic (exact) mass is 332 g/mol. The van der Waals surface area contributed by atoms with Gasteiger partial charge >= 0.3 is 0 Å². The van der Waals surface area contributed by atoms with Crippen LogP contribution in [0.5, 0.6) is 0 Å². The van der Waals surface area contributed by atoms with E-state index in [4.69, 9.17) is 0 Å². The normalized spacial score (nSPS) is 10.9. The van der Waals surface area contributed by atoms with Gasteiger partial charge in [0.25, 0.3) is 5.91 Å². The molecular weight excluding hydrogens is 316 g/mol. The van der Waals surface area contributed by atoms with Crippen molar-refractivity contribution in [2.45, 2.75) is 13.1 Å². The van der Waals surface area contributed by atoms with Crippen LogP contribution >= 0.6 is 0 Å². The largest absolute Gasteiger partial charge is 0.343 e. The number of fused-ring (bicyclic) bond motifs is 1. The average molecular weight is 332 g/mol. The molecule has 2 aromatic carbocycles. The molecule has 7 heteroatoms. The quantitative estimate of drug-likeness (QED) is 0.586. The number of rotatable bonds is 5. The standard InChI is InChI=1S/C18H16N6O/c25-18(19-10-17-20-14-8-4-5-9-15(14)21-17)16-12-24(23-22-16)11-13-6-2-1-3-7-13/h1-9,12H,10-11H2,(H,19,25)(H,20,21). The zero-order chi connectivity index (χ0) is 17.1. The molecule has 0 bridgehead atoms. The minimum Gasteiger partial charge on any atom is -0.343 e. The Morgan fingerprint density at radius 2 is 1.88 bits per heavy atom. The minimum absolute atomic E-state index is 0.278. The van der Waals surface area contributed by atoms with E-state index >= 15 is 0 Å². The van der Waals surface area contributed by atoms with Gasteiger partial charge in [0, 0.05) is 0 Å². The molecule has 0 saturated heterocycles. The maximum absolute atomic E-state index is 12.2. The highest BCUT2D eigenvalue weighted by molar-refractivity contribution is 5.91. The Kier molecular flexibility index (Phi) is 3.96. The van der Waals surface area contributed by atoms with Gasteiger partial charge in [0.1, 0.15) is 5.82 Å². The number of carbonyl (C=O) groups is 1. The van der Waals surface area contributed by atoms with Gasteiger partial charge in [-0.1, -0.05) is 47.7 Å². The van der Waals surface area contributed by atoms with E-state index in [1.54, 1.807) is 10.9 Å². The van der Waals surface area contributed by atoms with Crippen molar-refractivity contribution in [2.75, 3.05) is 0 Å². The molecule has 0 atom stereocenters. The summed E-state index contributed by atoms with van der Waals surface area (Å²) in [7, 11) is 0. The third-order valence-corrected chi connectivity index (χ3v) is 3.81. The van der Waals surface area contributed by atoms with Crippen LogP contribution in [-0.2, 0) is 13.1 Å². The fraction of sp³-hybridized carbons (Fsp3) is 0.111. The first kappa shape index (κ1) is 15.1. The van der Waals surface area contributed by atoms with Gasteiger partial charge in [-0.25, -0.2) is 9.67 Å². The average Bonchev–Trinajstić information content (AvgIpc) is 3.27. The van der Waals surface area contributed by atoms with Crippen LogP contribution in [0.15, 0.2) is 60.8 Å². The Bertz CT molecular complexity index is 972. The first-order valence-electron chi connectivity index (χ1n) is 7.94. The zero-order valence-corrected chi connectivity index (χ0v) is 13.4. The summed E-state index contributed by atoms with van der Waals surface area (Å²) < 4.78 is 1.64. The van der Waals surface area contributed by atoms with Gasteiger partial charge in [0.2, 0.25) is 0 Å². The lowest BCUT2D eigenvalue weighted by Crippen LogP contribution is -2.23. The molecular formula is C18H16N6O. The number of hydrogen-bond donors (Lipinski definition) is 2. The highest BCUT2D eigenvalue weighted by atomic mass is 16.2. The van der Waals surface area contributed by atoms with Crippen molar-refractivity contribution in [2.24, 2.45) is 0 Å². The number of hydrogen-bond acceptors (Lipinski definition) is 4. The SMILES string of the molecule is O=C(NCc1nc2ccccc2[nH]1)c1cn(Cc2ccccc2)nn1. The van der Waals surface area contributed by atoms with Crippen LogP contribution in [0.1, 0.15) is 21.9 Å². The van der Waals surface area contributed by atoms with Gasteiger partial charge in [-0.2, -0.15) is 0 Å². The second kappa shape index (κ2) is 6.56. The number of benzene rings is 2. The summed E-state index contributed by atoms with van der Waals surface area (Å²) in [5, 5.41) is 10.7. The topological polar surface area (TPSA) is 88.5 Å². The molecule has 2 N–H and O–H groups in total. The van der Waals surface area contributed by atoms with E-state index in [9.17, 15) is 4.79 Å². The number of amides is 1. The maximum Gasteiger partial charge on any atom is 0.273 e. The van der Waals surface area contributed by atoms with Crippen LogP contribution in [-0.4, -0.2) is 30.9 Å². The molecule has 25 heavy (non-hydrogen) atoms. The molecule has 1 amide bonds. The van der Waals surface area contributed by atoms with Crippen LogP contribution in [0, 0.1) is 0 Å². The Morgan fingerprint density at radius 3 is 2.72 bits per heavy atom. The number of carbonyl (C=O) groups excluding carboxylic acids is 1. The van der Waals surface area contributed by atoms with Gasteiger partial charge in [0.15, 0.2) is 5.69 Å². The highest BCUT2D eigenvalue weighted by Gasteiger charge is 2.11. The van der Waals surface area contributed by atoms with E-state index in [2.05, 4.69) is 25.6 Å². The number of nitrogens with zero attached hydrogens (tertiary/aromatic N) is 4. The number of aromatic amines is 1. The molecule has 0 spiro atoms. The molecule has 0 saturated carbocycles. The van der Waals surface area contributed by atoms with Crippen LogP contribution in [0.25, 0.3) is 11.0 Å². The number of para-hydroxylation sites is 2. The summed E-state index contributed by atoms with van der Waals surface area (Å²) in [6, 6.07) is 17.6. The number of H-pyrrole nitrogens is 1. The van der Waals surface area contributed by atoms with Crippen molar-refractivity contribution in [3.8, 4) is 0 Å². The summed E-state index contributed by atoms with van der Waals surface area (Å²) >= 11 is 0. The molecule has 0 fully saturated rings. The predicted molar refractivity (Wildman–Crippen MR) is 92.8 cm³/mol. The summed E-state index contributed by atoms with van der Waals surface area (Å²) in [6.45, 7) is 0.879. The second-order valence-electron chi connectivity index (χ2n) is 5.67. The minimum atomic E-state index is -0.278. The Morgan fingerprint density at radius 1 is 1.08 bits per heavy atom. The Hall–Kier alpha value is -3.48. The van der Waals surface area contributed by atoms with Crippen LogP contribution in [0.3, 0.4) is 0 Å². The third kappa shape index (κ3) is 3.40. The molecule has 0 unspecified atom stereocenters. The molecule has 2 aromatic heterocycles. The van der Waals surface area contributed by atoms with Crippen LogP contribution in [0.2, 0.25) is 0 Å². The predicted octanol–water partition coefficient (Wildman–Crippen LogP) is 2.13. The molecule has 0 radical (unpaired) electrons. The van der Waals surface area contributed by atoms with Crippen molar-refractivity contribution in [1.82, 2.24) is 30.3 Å². The van der Waals surface area contributed by atoms with Gasteiger partial charge in [0.05, 0.1) is 30.3 Å². The lowest BCUT2D eigenvalue weighted by Gasteiger charge is -2.00. The maximum atomic E-state index is 12.2. The fourth-order valence-electron chi connectivity index (χ4n) is 2.59. The molecule has 4 rings (SSSR count). The molecule has 2 heterocycles. The first-order chi connectivity index (χ1) is 12.3. The van der Waals surface area contributed by atoms with Gasteiger partial charge in [-0.05, 0) is 17.7 Å². The van der Waals surface area contributed by atoms with E-state index < -0.39 is 0 Å². The lowest BCUT2D eigenvalue weighted by atomic mass is 10.2. The third-order valence-electron chi connectivity index (χ3n) is 3.81. The van der Waals surface area contributed by atoms with Crippen molar-refractivity contribution in [1.29, 1.82) is 0 Å². The second-order valence-corrected chi connectivity index (χ2v) is 5.67. The first-order valence-corrected chi connectivity index (χ1v) is 7.94. The van der Waals surface area contributed by atoms with E-state index in [1.807, 2.05) is 54.6 Å². The van der Waals surface area contributed by atoms with Gasteiger partial charge in [-0.3, -0.25) is 4.79 Å². The zero-order valence-electron chi connectivity index (χ0n) is 13.4. The van der Waals surface area contributed by atoms with Crippen molar-refractivity contribution in [3.63, 3.8) is 0 Å². The fourth-order valence-corrected chi connectivity index (χ4v) is 2.59. The number of nitrogens with one attached hydrogen (secondary N) is 2. The molecule has 0 aliphatic carbocycles. The Labute approximate surface area is 143 Å². The van der Waals surface area contributed by atoms with E-state index in [0.29, 0.717) is 18.9 Å². The summed E-state index contributed by atoms with van der Waals surface area (Å²) in [5.74, 6) is 0.422. The Balaban J connectivity index is 1.39. The summed E-state index contributed by atoms with van der Waals surface area (Å²) in [5.41, 5.74) is 3.20. The number of imidazole rings is 1. The molecule has 4 aromatic rings. The summed E-state index contributed by atoms with van der Waals surface area (Å²) in [6.07, 6.45) is 1.64. The van der Waals surface area contributed by atoms with Crippen LogP contribution in [0.4, 0.5) is 0 Å². The van der Waals surface area contributed by atoms with E-state index in [-0.39, 0.29) is 11.6 Å². The highest BCUT2D eigenvalue weighted by Crippen LogP contribution is 2.10. The van der Waals surface area contributed by atoms with E-state index in [0.717, 1.165) is 16.6 Å².